The van der Waals surface area contributed by atoms with E-state index < -0.39 is 0 Å². The molecule has 0 radical (unpaired) electrons. The van der Waals surface area contributed by atoms with Crippen LogP contribution in [0.25, 0.3) is 0 Å². The highest BCUT2D eigenvalue weighted by molar-refractivity contribution is 5.27. The van der Waals surface area contributed by atoms with Crippen LogP contribution < -0.4 is 0 Å². The van der Waals surface area contributed by atoms with Gasteiger partial charge in [-0.3, -0.25) is 0 Å². The molecule has 0 atom stereocenters. The molecule has 1 rings (SSSR count). The second kappa shape index (κ2) is 3.98. The zero-order chi connectivity index (χ0) is 8.10. The molecule has 60 valence electrons. The monoisotopic (exact) mass is 152 g/mol. The molecule has 1 N–H and O–H groups in total. The van der Waals surface area contributed by atoms with Crippen LogP contribution >= 0.6 is 0 Å². The molecule has 0 bridgehead atoms. The standard InChI is InChI=1S/C9H12O2/c1-11-6-5-8-3-2-4-9(10)7-8/h2-4,7,10H,5-6H2,1H3. The van der Waals surface area contributed by atoms with Crippen molar-refractivity contribution in [1.29, 1.82) is 0 Å². The van der Waals surface area contributed by atoms with Crippen molar-refractivity contribution in [2.24, 2.45) is 0 Å². The lowest BCUT2D eigenvalue weighted by Gasteiger charge is -1.99. The molecule has 0 aliphatic rings. The molecule has 1 aromatic carbocycles. The third-order valence-electron chi connectivity index (χ3n) is 1.51. The highest BCUT2D eigenvalue weighted by atomic mass is 16.5. The summed E-state index contributed by atoms with van der Waals surface area (Å²) in [6, 6.07) is 7.22. The van der Waals surface area contributed by atoms with Crippen molar-refractivity contribution >= 4 is 0 Å². The molecule has 0 saturated carbocycles. The molecule has 0 amide bonds. The van der Waals surface area contributed by atoms with Crippen LogP contribution in [0.5, 0.6) is 5.75 Å². The Morgan fingerprint density at radius 1 is 1.45 bits per heavy atom. The predicted octanol–water partition coefficient (Wildman–Crippen LogP) is 1.58. The molecule has 11 heavy (non-hydrogen) atoms. The largest absolute Gasteiger partial charge is 0.508 e. The van der Waals surface area contributed by atoms with Gasteiger partial charge in [0.05, 0.1) is 6.61 Å². The molecule has 0 aromatic heterocycles. The van der Waals surface area contributed by atoms with Crippen LogP contribution in [-0.2, 0) is 11.2 Å². The van der Waals surface area contributed by atoms with Gasteiger partial charge in [0.15, 0.2) is 0 Å². The minimum Gasteiger partial charge on any atom is -0.508 e. The Kier molecular flexibility index (Phi) is 2.93. The van der Waals surface area contributed by atoms with E-state index in [0.29, 0.717) is 12.4 Å². The van der Waals surface area contributed by atoms with Gasteiger partial charge >= 0.3 is 0 Å². The molecule has 1 aromatic rings. The Balaban J connectivity index is 2.56. The van der Waals surface area contributed by atoms with Crippen molar-refractivity contribution < 1.29 is 9.84 Å². The first-order chi connectivity index (χ1) is 5.33. The van der Waals surface area contributed by atoms with Crippen LogP contribution in [0.15, 0.2) is 24.3 Å². The van der Waals surface area contributed by atoms with Crippen LogP contribution in [0.2, 0.25) is 0 Å². The lowest BCUT2D eigenvalue weighted by molar-refractivity contribution is 0.202. The number of phenols is 1. The summed E-state index contributed by atoms with van der Waals surface area (Å²) in [7, 11) is 1.67. The van der Waals surface area contributed by atoms with Gasteiger partial charge in [0.2, 0.25) is 0 Å². The summed E-state index contributed by atoms with van der Waals surface area (Å²) in [5.41, 5.74) is 1.10. The van der Waals surface area contributed by atoms with E-state index in [2.05, 4.69) is 0 Å². The molecule has 2 heteroatoms. The molecule has 0 aliphatic carbocycles. The summed E-state index contributed by atoms with van der Waals surface area (Å²) in [5.74, 6) is 0.318. The van der Waals surface area contributed by atoms with Crippen LogP contribution in [-0.4, -0.2) is 18.8 Å². The van der Waals surface area contributed by atoms with E-state index in [4.69, 9.17) is 9.84 Å². The smallest absolute Gasteiger partial charge is 0.115 e. The third-order valence-corrected chi connectivity index (χ3v) is 1.51. The maximum absolute atomic E-state index is 9.07. The number of aromatic hydroxyl groups is 1. The zero-order valence-electron chi connectivity index (χ0n) is 6.58. The molecule has 0 aliphatic heterocycles. The fourth-order valence-electron chi connectivity index (χ4n) is 0.932. The lowest BCUT2D eigenvalue weighted by Crippen LogP contribution is -1.93. The average Bonchev–Trinajstić information content (AvgIpc) is 2.01. The van der Waals surface area contributed by atoms with Gasteiger partial charge in [-0.2, -0.15) is 0 Å². The van der Waals surface area contributed by atoms with E-state index >= 15 is 0 Å². The van der Waals surface area contributed by atoms with E-state index in [9.17, 15) is 0 Å². The number of methoxy groups -OCH3 is 1. The van der Waals surface area contributed by atoms with E-state index in [-0.39, 0.29) is 0 Å². The van der Waals surface area contributed by atoms with E-state index in [0.717, 1.165) is 12.0 Å². The van der Waals surface area contributed by atoms with Gasteiger partial charge in [-0.25, -0.2) is 0 Å². The molecule has 0 saturated heterocycles. The Morgan fingerprint density at radius 3 is 2.91 bits per heavy atom. The summed E-state index contributed by atoms with van der Waals surface area (Å²) in [4.78, 5) is 0. The topological polar surface area (TPSA) is 29.5 Å². The quantitative estimate of drug-likeness (QED) is 0.712. The summed E-state index contributed by atoms with van der Waals surface area (Å²) in [5, 5.41) is 9.07. The summed E-state index contributed by atoms with van der Waals surface area (Å²) in [6.07, 6.45) is 0.852. The Hall–Kier alpha value is -1.02. The fourth-order valence-corrected chi connectivity index (χ4v) is 0.932. The first-order valence-electron chi connectivity index (χ1n) is 3.60. The minimum atomic E-state index is 0.318. The molecular formula is C9H12O2. The first kappa shape index (κ1) is 8.08. The van der Waals surface area contributed by atoms with Gasteiger partial charge in [-0.1, -0.05) is 12.1 Å². The molecule has 0 fully saturated rings. The normalized spacial score (nSPS) is 9.91. The predicted molar refractivity (Wildman–Crippen MR) is 43.7 cm³/mol. The Labute approximate surface area is 66.4 Å². The van der Waals surface area contributed by atoms with Gasteiger partial charge in [-0.05, 0) is 24.1 Å². The van der Waals surface area contributed by atoms with Crippen molar-refractivity contribution in [1.82, 2.24) is 0 Å². The lowest BCUT2D eigenvalue weighted by atomic mass is 10.1. The summed E-state index contributed by atoms with van der Waals surface area (Å²) in [6.45, 7) is 0.698. The number of phenolic OH excluding ortho intramolecular Hbond substituents is 1. The maximum atomic E-state index is 9.07. The van der Waals surface area contributed by atoms with Crippen LogP contribution in [0.4, 0.5) is 0 Å². The highest BCUT2D eigenvalue weighted by Gasteiger charge is 1.92. The van der Waals surface area contributed by atoms with Crippen molar-refractivity contribution in [2.45, 2.75) is 6.42 Å². The van der Waals surface area contributed by atoms with E-state index in [1.807, 2.05) is 12.1 Å². The van der Waals surface area contributed by atoms with Crippen molar-refractivity contribution in [3.05, 3.63) is 29.8 Å². The Morgan fingerprint density at radius 2 is 2.27 bits per heavy atom. The van der Waals surface area contributed by atoms with Crippen LogP contribution in [0.1, 0.15) is 5.56 Å². The zero-order valence-corrected chi connectivity index (χ0v) is 6.58. The van der Waals surface area contributed by atoms with Crippen molar-refractivity contribution in [3.8, 4) is 5.75 Å². The van der Waals surface area contributed by atoms with Crippen LogP contribution in [0.3, 0.4) is 0 Å². The van der Waals surface area contributed by atoms with Gasteiger partial charge in [0.1, 0.15) is 5.75 Å². The maximum Gasteiger partial charge on any atom is 0.115 e. The van der Waals surface area contributed by atoms with E-state index in [1.165, 1.54) is 0 Å². The molecule has 2 nitrogen and oxygen atoms in total. The number of hydrogen-bond donors (Lipinski definition) is 1. The number of rotatable bonds is 3. The highest BCUT2D eigenvalue weighted by Crippen LogP contribution is 2.10. The van der Waals surface area contributed by atoms with E-state index in [1.54, 1.807) is 19.2 Å². The molecular weight excluding hydrogens is 140 g/mol. The van der Waals surface area contributed by atoms with Gasteiger partial charge in [0, 0.05) is 7.11 Å². The molecule has 0 heterocycles. The Bertz CT molecular complexity index is 221. The molecule has 0 spiro atoms. The van der Waals surface area contributed by atoms with Crippen molar-refractivity contribution in [3.63, 3.8) is 0 Å². The number of benzene rings is 1. The molecule has 0 unspecified atom stereocenters. The van der Waals surface area contributed by atoms with Gasteiger partial charge in [0.25, 0.3) is 0 Å². The van der Waals surface area contributed by atoms with Gasteiger partial charge in [-0.15, -0.1) is 0 Å². The van der Waals surface area contributed by atoms with Crippen molar-refractivity contribution in [2.75, 3.05) is 13.7 Å². The minimum absolute atomic E-state index is 0.318. The van der Waals surface area contributed by atoms with Gasteiger partial charge < -0.3 is 9.84 Å². The number of ether oxygens (including phenoxy) is 1. The summed E-state index contributed by atoms with van der Waals surface area (Å²) < 4.78 is 4.90. The third kappa shape index (κ3) is 2.60. The number of hydrogen-bond acceptors (Lipinski definition) is 2. The second-order valence-corrected chi connectivity index (χ2v) is 2.41. The fraction of sp³-hybridized carbons (Fsp3) is 0.333. The average molecular weight is 152 g/mol. The second-order valence-electron chi connectivity index (χ2n) is 2.41. The van der Waals surface area contributed by atoms with Crippen LogP contribution in [0, 0.1) is 0 Å². The summed E-state index contributed by atoms with van der Waals surface area (Å²) >= 11 is 0. The SMILES string of the molecule is COCCc1cccc(O)c1. The first-order valence-corrected chi connectivity index (χ1v) is 3.60.